The van der Waals surface area contributed by atoms with Gasteiger partial charge in [0.25, 0.3) is 0 Å². The van der Waals surface area contributed by atoms with Crippen LogP contribution in [0.5, 0.6) is 5.75 Å². The van der Waals surface area contributed by atoms with Crippen LogP contribution in [0.4, 0.5) is 39.5 Å². The quantitative estimate of drug-likeness (QED) is 0.202. The highest BCUT2D eigenvalue weighted by Crippen LogP contribution is 2.42. The summed E-state index contributed by atoms with van der Waals surface area (Å²) in [6.45, 7) is 1.95. The Morgan fingerprint density at radius 3 is 1.95 bits per heavy atom. The summed E-state index contributed by atoms with van der Waals surface area (Å²) >= 11 is 0. The average molecular weight is 599 g/mol. The molecule has 0 bridgehead atoms. The predicted molar refractivity (Wildman–Crippen MR) is 130 cm³/mol. The van der Waals surface area contributed by atoms with Crippen molar-refractivity contribution in [2.75, 3.05) is 6.61 Å². The molecule has 0 radical (unpaired) electrons. The van der Waals surface area contributed by atoms with Gasteiger partial charge in [-0.15, -0.1) is 0 Å². The zero-order chi connectivity index (χ0) is 29.9. The predicted octanol–water partition coefficient (Wildman–Crippen LogP) is 9.13. The van der Waals surface area contributed by atoms with Crippen molar-refractivity contribution in [3.8, 4) is 5.75 Å². The molecule has 1 aliphatic heterocycles. The van der Waals surface area contributed by atoms with Gasteiger partial charge in [-0.2, -0.15) is 17.6 Å². The summed E-state index contributed by atoms with van der Waals surface area (Å²) in [5, 5.41) is 0. The van der Waals surface area contributed by atoms with E-state index in [9.17, 15) is 39.5 Å². The van der Waals surface area contributed by atoms with Crippen LogP contribution in [0.15, 0.2) is 24.3 Å². The molecular formula is C29H31F9O3. The van der Waals surface area contributed by atoms with E-state index in [1.807, 2.05) is 6.92 Å². The van der Waals surface area contributed by atoms with Gasteiger partial charge in [-0.1, -0.05) is 19.8 Å². The third kappa shape index (κ3) is 7.49. The van der Waals surface area contributed by atoms with Crippen LogP contribution in [0.1, 0.15) is 81.8 Å². The first-order valence-electron chi connectivity index (χ1n) is 13.7. The molecule has 2 aromatic carbocycles. The number of alkyl halides is 4. The topological polar surface area (TPSA) is 27.7 Å². The van der Waals surface area contributed by atoms with Crippen LogP contribution in [0.3, 0.4) is 0 Å². The molecule has 3 nitrogen and oxygen atoms in total. The van der Waals surface area contributed by atoms with Crippen molar-refractivity contribution in [1.29, 1.82) is 0 Å². The second kappa shape index (κ2) is 12.8. The fraction of sp³-hybridized carbons (Fsp3) is 0.586. The Morgan fingerprint density at radius 1 is 0.805 bits per heavy atom. The normalized spacial score (nSPS) is 24.0. The number of rotatable bonds is 10. The lowest BCUT2D eigenvalue weighted by Crippen LogP contribution is -2.42. The Labute approximate surface area is 232 Å². The molecule has 1 saturated carbocycles. The number of hydrogen-bond acceptors (Lipinski definition) is 3. The van der Waals surface area contributed by atoms with E-state index in [0.717, 1.165) is 19.3 Å². The molecule has 1 saturated heterocycles. The first-order valence-corrected chi connectivity index (χ1v) is 13.7. The Hall–Kier alpha value is -2.47. The molecule has 2 atom stereocenters. The van der Waals surface area contributed by atoms with Crippen LogP contribution >= 0.6 is 0 Å². The second-order valence-electron chi connectivity index (χ2n) is 10.7. The van der Waals surface area contributed by atoms with Crippen LogP contribution in [-0.2, 0) is 15.6 Å². The molecule has 41 heavy (non-hydrogen) atoms. The van der Waals surface area contributed by atoms with Crippen LogP contribution in [0.25, 0.3) is 0 Å². The van der Waals surface area contributed by atoms with Crippen molar-refractivity contribution in [2.45, 2.75) is 95.1 Å². The van der Waals surface area contributed by atoms with Gasteiger partial charge in [0.2, 0.25) is 0 Å². The van der Waals surface area contributed by atoms with Gasteiger partial charge in [0.15, 0.2) is 17.5 Å². The van der Waals surface area contributed by atoms with Crippen molar-refractivity contribution in [2.24, 2.45) is 5.92 Å². The maximum absolute atomic E-state index is 14.8. The summed E-state index contributed by atoms with van der Waals surface area (Å²) in [4.78, 5) is 0. The standard InChI is InChI=1S/C29H31F9O3/c1-2-3-4-19-10-7-18(15-39-19)28(35,36)40-20-8-5-16(6-9-20)17-11-22(30)26(23(31)12-17)29(37,38)41-21-13-24(32)27(34)25(33)14-21/h11-14,16,18-20H,2-10,15H2,1H3. The minimum atomic E-state index is -4.70. The molecule has 4 rings (SSSR count). The summed E-state index contributed by atoms with van der Waals surface area (Å²) in [7, 11) is 0. The molecule has 12 heteroatoms. The van der Waals surface area contributed by atoms with E-state index < -0.39 is 70.6 Å². The van der Waals surface area contributed by atoms with Gasteiger partial charge in [-0.3, -0.25) is 0 Å². The highest BCUT2D eigenvalue weighted by molar-refractivity contribution is 5.33. The van der Waals surface area contributed by atoms with Gasteiger partial charge < -0.3 is 14.2 Å². The van der Waals surface area contributed by atoms with Gasteiger partial charge in [0.05, 0.1) is 24.7 Å². The lowest BCUT2D eigenvalue weighted by molar-refractivity contribution is -0.310. The minimum absolute atomic E-state index is 0.0231. The number of unbranched alkanes of at least 4 members (excludes halogenated alkanes) is 1. The monoisotopic (exact) mass is 598 g/mol. The maximum atomic E-state index is 14.8. The fourth-order valence-corrected chi connectivity index (χ4v) is 5.46. The Kier molecular flexibility index (Phi) is 9.83. The summed E-state index contributed by atoms with van der Waals surface area (Å²) in [6, 6.07) is 1.62. The van der Waals surface area contributed by atoms with Crippen molar-refractivity contribution in [3.63, 3.8) is 0 Å². The number of hydrogen-bond donors (Lipinski definition) is 0. The van der Waals surface area contributed by atoms with Crippen LogP contribution in [0, 0.1) is 35.0 Å². The van der Waals surface area contributed by atoms with Crippen molar-refractivity contribution < 1.29 is 53.7 Å². The zero-order valence-electron chi connectivity index (χ0n) is 22.3. The van der Waals surface area contributed by atoms with Gasteiger partial charge in [0.1, 0.15) is 22.9 Å². The molecular weight excluding hydrogens is 567 g/mol. The van der Waals surface area contributed by atoms with Crippen LogP contribution < -0.4 is 4.74 Å². The molecule has 2 aliphatic rings. The van der Waals surface area contributed by atoms with Gasteiger partial charge in [0, 0.05) is 12.1 Å². The summed E-state index contributed by atoms with van der Waals surface area (Å²) in [5.74, 6) is -11.7. The third-order valence-electron chi connectivity index (χ3n) is 7.75. The average Bonchev–Trinajstić information content (AvgIpc) is 2.90. The van der Waals surface area contributed by atoms with Crippen LogP contribution in [0.2, 0.25) is 0 Å². The van der Waals surface area contributed by atoms with E-state index in [1.54, 1.807) is 0 Å². The lowest BCUT2D eigenvalue weighted by atomic mass is 9.82. The SMILES string of the molecule is CCCCC1CCC(C(F)(F)OC2CCC(c3cc(F)c(C(F)(F)Oc4cc(F)c(F)c(F)c4)c(F)c3)CC2)CO1. The number of ether oxygens (including phenoxy) is 3. The Bertz CT molecular complexity index is 1140. The molecule has 1 aliphatic carbocycles. The molecule has 2 fully saturated rings. The summed E-state index contributed by atoms with van der Waals surface area (Å²) in [5.41, 5.74) is -1.75. The molecule has 0 aromatic heterocycles. The third-order valence-corrected chi connectivity index (χ3v) is 7.75. The van der Waals surface area contributed by atoms with Gasteiger partial charge >= 0.3 is 12.2 Å². The molecule has 2 unspecified atom stereocenters. The van der Waals surface area contributed by atoms with E-state index >= 15 is 0 Å². The first kappa shape index (κ1) is 31.5. The van der Waals surface area contributed by atoms with E-state index in [2.05, 4.69) is 4.74 Å². The van der Waals surface area contributed by atoms with E-state index in [-0.39, 0.29) is 62.5 Å². The molecule has 2 aromatic rings. The smallest absolute Gasteiger partial charge is 0.429 e. The largest absolute Gasteiger partial charge is 0.432 e. The van der Waals surface area contributed by atoms with Gasteiger partial charge in [-0.25, -0.2) is 22.0 Å². The maximum Gasteiger partial charge on any atom is 0.432 e. The molecule has 1 heterocycles. The Morgan fingerprint density at radius 2 is 1.41 bits per heavy atom. The molecule has 0 spiro atoms. The van der Waals surface area contributed by atoms with E-state index in [4.69, 9.17) is 9.47 Å². The van der Waals surface area contributed by atoms with Crippen molar-refractivity contribution in [3.05, 3.63) is 64.5 Å². The lowest BCUT2D eigenvalue weighted by Gasteiger charge is -2.37. The molecule has 228 valence electrons. The summed E-state index contributed by atoms with van der Waals surface area (Å²) in [6.07, 6.45) is -4.51. The molecule has 0 amide bonds. The van der Waals surface area contributed by atoms with Gasteiger partial charge in [-0.05, 0) is 68.6 Å². The zero-order valence-corrected chi connectivity index (χ0v) is 22.3. The summed E-state index contributed by atoms with van der Waals surface area (Å²) < 4.78 is 143. The van der Waals surface area contributed by atoms with Crippen molar-refractivity contribution >= 4 is 0 Å². The molecule has 0 N–H and O–H groups in total. The first-order chi connectivity index (χ1) is 19.3. The van der Waals surface area contributed by atoms with E-state index in [0.29, 0.717) is 18.6 Å². The number of halogens is 9. The number of benzene rings is 2. The highest BCUT2D eigenvalue weighted by atomic mass is 19.3. The van der Waals surface area contributed by atoms with Crippen molar-refractivity contribution in [1.82, 2.24) is 0 Å². The minimum Gasteiger partial charge on any atom is -0.429 e. The van der Waals surface area contributed by atoms with E-state index in [1.165, 1.54) is 0 Å². The highest BCUT2D eigenvalue weighted by Gasteiger charge is 2.46. The Balaban J connectivity index is 1.35. The second-order valence-corrected chi connectivity index (χ2v) is 10.7. The van der Waals surface area contributed by atoms with Crippen LogP contribution in [-0.4, -0.2) is 24.9 Å². The fourth-order valence-electron chi connectivity index (χ4n) is 5.46.